The Morgan fingerprint density at radius 1 is 1.03 bits per heavy atom. The van der Waals surface area contributed by atoms with E-state index in [2.05, 4.69) is 15.5 Å². The number of nitrogens with one attached hydrogen (secondary N) is 1. The lowest BCUT2D eigenvalue weighted by atomic mass is 10.1. The summed E-state index contributed by atoms with van der Waals surface area (Å²) in [5, 5.41) is 9.94. The third-order valence-corrected chi connectivity index (χ3v) is 4.96. The summed E-state index contributed by atoms with van der Waals surface area (Å²) in [6.07, 6.45) is -7.89. The average molecular weight is 515 g/mol. The molecule has 1 amide bonds. The van der Waals surface area contributed by atoms with Gasteiger partial charge in [-0.2, -0.15) is 23.4 Å². The minimum atomic E-state index is -4.48. The Bertz CT molecular complexity index is 1360. The molecule has 7 nitrogen and oxygen atoms in total. The summed E-state index contributed by atoms with van der Waals surface area (Å²) in [7, 11) is 0. The molecule has 0 radical (unpaired) electrons. The summed E-state index contributed by atoms with van der Waals surface area (Å²) < 4.78 is 97.9. The largest absolute Gasteiger partial charge is 0.454 e. The fourth-order valence-electron chi connectivity index (χ4n) is 3.33. The first-order valence-corrected chi connectivity index (χ1v) is 10.2. The molecule has 3 aromatic heterocycles. The molecule has 0 saturated carbocycles. The molecule has 14 heteroatoms. The van der Waals surface area contributed by atoms with E-state index in [1.54, 1.807) is 0 Å². The Hall–Kier alpha value is -4.10. The molecular formula is C22H16F7N5O2. The highest BCUT2D eigenvalue weighted by molar-refractivity contribution is 6.02. The molecule has 0 saturated heterocycles. The van der Waals surface area contributed by atoms with E-state index in [1.165, 1.54) is 41.3 Å². The van der Waals surface area contributed by atoms with Gasteiger partial charge < -0.3 is 9.73 Å². The number of carbonyl (C=O) groups is 1. The van der Waals surface area contributed by atoms with Crippen LogP contribution in [0.2, 0.25) is 0 Å². The maximum atomic E-state index is 13.1. The van der Waals surface area contributed by atoms with Crippen molar-refractivity contribution in [1.29, 1.82) is 0 Å². The molecule has 4 aromatic rings. The Morgan fingerprint density at radius 3 is 2.50 bits per heavy atom. The summed E-state index contributed by atoms with van der Waals surface area (Å²) >= 11 is 0. The van der Waals surface area contributed by atoms with E-state index in [4.69, 9.17) is 4.42 Å². The number of amides is 1. The minimum absolute atomic E-state index is 0.0155. The zero-order valence-corrected chi connectivity index (χ0v) is 18.0. The molecule has 3 heterocycles. The Morgan fingerprint density at radius 2 is 1.81 bits per heavy atom. The minimum Gasteiger partial charge on any atom is -0.454 e. The highest BCUT2D eigenvalue weighted by atomic mass is 19.4. The van der Waals surface area contributed by atoms with Crippen molar-refractivity contribution < 1.29 is 39.9 Å². The van der Waals surface area contributed by atoms with Crippen molar-refractivity contribution in [3.8, 4) is 0 Å². The number of benzene rings is 1. The molecule has 0 bridgehead atoms. The van der Waals surface area contributed by atoms with Crippen LogP contribution < -0.4 is 5.32 Å². The number of hydrogen-bond acceptors (Lipinski definition) is 4. The van der Waals surface area contributed by atoms with Gasteiger partial charge in [-0.1, -0.05) is 12.1 Å². The third kappa shape index (κ3) is 5.75. The van der Waals surface area contributed by atoms with Gasteiger partial charge in [0.2, 0.25) is 0 Å². The number of hydrogen-bond donors (Lipinski definition) is 1. The number of alkyl halides is 7. The number of halogens is 7. The fourth-order valence-corrected chi connectivity index (χ4v) is 3.33. The van der Waals surface area contributed by atoms with E-state index in [-0.39, 0.29) is 23.8 Å². The quantitative estimate of drug-likeness (QED) is 0.296. The molecule has 0 unspecified atom stereocenters. The summed E-state index contributed by atoms with van der Waals surface area (Å²) in [6.45, 7) is -0.393. The molecule has 0 aliphatic carbocycles. The monoisotopic (exact) mass is 515 g/mol. The maximum absolute atomic E-state index is 13.1. The summed E-state index contributed by atoms with van der Waals surface area (Å²) in [5.41, 5.74) is -1.76. The van der Waals surface area contributed by atoms with Crippen LogP contribution in [0.5, 0.6) is 0 Å². The lowest BCUT2D eigenvalue weighted by Gasteiger charge is -2.08. The molecule has 0 atom stereocenters. The van der Waals surface area contributed by atoms with Crippen molar-refractivity contribution in [2.45, 2.75) is 32.1 Å². The molecule has 4 rings (SSSR count). The SMILES string of the molecule is O=C(Nc1cnn(Cc2cccc(C(F)(F)F)c2)c1)c1ccc(Cn2nc(C(F)F)cc2C(F)F)o1. The lowest BCUT2D eigenvalue weighted by Crippen LogP contribution is -2.11. The van der Waals surface area contributed by atoms with Crippen LogP contribution in [0.25, 0.3) is 0 Å². The van der Waals surface area contributed by atoms with Gasteiger partial charge in [0.25, 0.3) is 18.8 Å². The Kier molecular flexibility index (Phi) is 6.86. The predicted octanol–water partition coefficient (Wildman–Crippen LogP) is 5.92. The first-order valence-electron chi connectivity index (χ1n) is 10.2. The molecule has 36 heavy (non-hydrogen) atoms. The van der Waals surface area contributed by atoms with Gasteiger partial charge in [-0.05, 0) is 35.9 Å². The molecule has 1 aromatic carbocycles. The summed E-state index contributed by atoms with van der Waals surface area (Å²) in [4.78, 5) is 12.5. The van der Waals surface area contributed by atoms with Crippen molar-refractivity contribution in [1.82, 2.24) is 19.6 Å². The number of aromatic nitrogens is 4. The number of furan rings is 1. The van der Waals surface area contributed by atoms with Gasteiger partial charge in [-0.3, -0.25) is 14.2 Å². The summed E-state index contributed by atoms with van der Waals surface area (Å²) in [5.74, 6) is -0.899. The van der Waals surface area contributed by atoms with E-state index < -0.39 is 48.4 Å². The second-order valence-corrected chi connectivity index (χ2v) is 7.60. The average Bonchev–Trinajstić information content (AvgIpc) is 3.54. The first kappa shape index (κ1) is 25.0. The molecule has 0 aliphatic heterocycles. The normalized spacial score (nSPS) is 12.0. The Labute approximate surface area is 198 Å². The zero-order valence-electron chi connectivity index (χ0n) is 18.0. The second kappa shape index (κ2) is 9.87. The van der Waals surface area contributed by atoms with Crippen molar-refractivity contribution in [2.75, 3.05) is 5.32 Å². The van der Waals surface area contributed by atoms with Crippen molar-refractivity contribution in [3.63, 3.8) is 0 Å². The number of rotatable bonds is 8. The van der Waals surface area contributed by atoms with Gasteiger partial charge in [0.05, 0.1) is 30.5 Å². The van der Waals surface area contributed by atoms with Crippen LogP contribution in [-0.4, -0.2) is 25.5 Å². The van der Waals surface area contributed by atoms with E-state index in [1.807, 2.05) is 0 Å². The Balaban J connectivity index is 1.41. The van der Waals surface area contributed by atoms with Crippen LogP contribution in [0.3, 0.4) is 0 Å². The van der Waals surface area contributed by atoms with Gasteiger partial charge in [0.1, 0.15) is 17.1 Å². The topological polar surface area (TPSA) is 77.9 Å². The van der Waals surface area contributed by atoms with E-state index in [0.29, 0.717) is 16.3 Å². The van der Waals surface area contributed by atoms with Gasteiger partial charge >= 0.3 is 6.18 Å². The highest BCUT2D eigenvalue weighted by Gasteiger charge is 2.30. The zero-order chi connectivity index (χ0) is 26.0. The first-order chi connectivity index (χ1) is 17.0. The van der Waals surface area contributed by atoms with Gasteiger partial charge in [0, 0.05) is 6.20 Å². The lowest BCUT2D eigenvalue weighted by molar-refractivity contribution is -0.137. The van der Waals surface area contributed by atoms with Crippen molar-refractivity contribution in [3.05, 3.63) is 88.9 Å². The van der Waals surface area contributed by atoms with Gasteiger partial charge in [-0.25, -0.2) is 17.6 Å². The smallest absolute Gasteiger partial charge is 0.416 e. The van der Waals surface area contributed by atoms with Gasteiger partial charge in [0.15, 0.2) is 5.76 Å². The molecule has 0 aliphatic rings. The number of anilines is 1. The maximum Gasteiger partial charge on any atom is 0.416 e. The second-order valence-electron chi connectivity index (χ2n) is 7.60. The van der Waals surface area contributed by atoms with Crippen molar-refractivity contribution in [2.24, 2.45) is 0 Å². The van der Waals surface area contributed by atoms with Crippen LogP contribution in [-0.2, 0) is 19.3 Å². The molecule has 0 fully saturated rings. The number of nitrogens with zero attached hydrogens (tertiary/aromatic N) is 4. The van der Waals surface area contributed by atoms with Crippen LogP contribution in [0.15, 0.2) is 59.3 Å². The molecular weight excluding hydrogens is 499 g/mol. The third-order valence-electron chi connectivity index (χ3n) is 4.96. The van der Waals surface area contributed by atoms with Crippen LogP contribution in [0.1, 0.15) is 51.7 Å². The fraction of sp³-hybridized carbons (Fsp3) is 0.227. The standard InChI is InChI=1S/C22H16F7N5O2/c23-19(24)16-7-17(20(25)26)34(32-16)11-15-4-5-18(36-15)21(35)31-14-8-30-33(10-14)9-12-2-1-3-13(6-12)22(27,28)29/h1-8,10,19-20H,9,11H2,(H,31,35). The van der Waals surface area contributed by atoms with Crippen LogP contribution in [0, 0.1) is 0 Å². The molecule has 1 N–H and O–H groups in total. The van der Waals surface area contributed by atoms with Crippen molar-refractivity contribution >= 4 is 11.6 Å². The van der Waals surface area contributed by atoms with E-state index in [0.717, 1.165) is 12.1 Å². The molecule has 0 spiro atoms. The predicted molar refractivity (Wildman–Crippen MR) is 111 cm³/mol. The van der Waals surface area contributed by atoms with Crippen LogP contribution in [0.4, 0.5) is 36.4 Å². The van der Waals surface area contributed by atoms with E-state index >= 15 is 0 Å². The number of carbonyl (C=O) groups excluding carboxylic acids is 1. The highest BCUT2D eigenvalue weighted by Crippen LogP contribution is 2.30. The van der Waals surface area contributed by atoms with Crippen LogP contribution >= 0.6 is 0 Å². The summed E-state index contributed by atoms with van der Waals surface area (Å²) in [6, 6.07) is 7.90. The molecule has 190 valence electrons. The van der Waals surface area contributed by atoms with E-state index in [9.17, 15) is 35.5 Å². The van der Waals surface area contributed by atoms with Gasteiger partial charge in [-0.15, -0.1) is 0 Å².